The fourth-order valence-electron chi connectivity index (χ4n) is 3.31. The van der Waals surface area contributed by atoms with Crippen molar-refractivity contribution in [2.45, 2.75) is 26.7 Å². The van der Waals surface area contributed by atoms with E-state index < -0.39 is 5.97 Å². The molecule has 1 aromatic carbocycles. The van der Waals surface area contributed by atoms with E-state index in [9.17, 15) is 9.90 Å². The number of hydrogen-bond acceptors (Lipinski definition) is 1. The second-order valence-corrected chi connectivity index (χ2v) is 5.61. The fraction of sp³-hybridized carbons (Fsp3) is 0.389. The van der Waals surface area contributed by atoms with E-state index in [0.717, 1.165) is 6.42 Å². The Bertz CT molecular complexity index is 515. The van der Waals surface area contributed by atoms with E-state index in [1.165, 1.54) is 5.56 Å². The van der Waals surface area contributed by atoms with Crippen molar-refractivity contribution < 1.29 is 9.90 Å². The van der Waals surface area contributed by atoms with Gasteiger partial charge in [0.25, 0.3) is 0 Å². The third-order valence-corrected chi connectivity index (χ3v) is 4.47. The number of benzene rings is 1. The molecule has 0 aliphatic heterocycles. The molecule has 3 atom stereocenters. The molecule has 2 rings (SSSR count). The highest BCUT2D eigenvalue weighted by Crippen LogP contribution is 2.45. The first-order chi connectivity index (χ1) is 9.60. The van der Waals surface area contributed by atoms with Crippen molar-refractivity contribution in [3.05, 3.63) is 60.2 Å². The van der Waals surface area contributed by atoms with E-state index in [1.807, 2.05) is 37.3 Å². The van der Waals surface area contributed by atoms with E-state index >= 15 is 0 Å². The summed E-state index contributed by atoms with van der Waals surface area (Å²) >= 11 is 0. The second-order valence-electron chi connectivity index (χ2n) is 5.61. The molecule has 0 amide bonds. The normalized spacial score (nSPS) is 26.4. The van der Waals surface area contributed by atoms with Gasteiger partial charge in [-0.25, -0.2) is 0 Å². The lowest BCUT2D eigenvalue weighted by Gasteiger charge is -2.41. The number of carbonyl (C=O) groups is 1. The minimum absolute atomic E-state index is 0.216. The summed E-state index contributed by atoms with van der Waals surface area (Å²) in [6.07, 6.45) is 9.64. The second kappa shape index (κ2) is 6.08. The summed E-state index contributed by atoms with van der Waals surface area (Å²) in [4.78, 5) is 11.7. The zero-order valence-corrected chi connectivity index (χ0v) is 12.1. The van der Waals surface area contributed by atoms with Crippen molar-refractivity contribution in [3.8, 4) is 0 Å². The topological polar surface area (TPSA) is 37.3 Å². The van der Waals surface area contributed by atoms with Gasteiger partial charge in [-0.1, -0.05) is 68.5 Å². The van der Waals surface area contributed by atoms with E-state index in [0.29, 0.717) is 6.42 Å². The van der Waals surface area contributed by atoms with Crippen LogP contribution in [0.15, 0.2) is 54.6 Å². The van der Waals surface area contributed by atoms with Gasteiger partial charge in [0, 0.05) is 5.41 Å². The summed E-state index contributed by atoms with van der Waals surface area (Å²) in [6.45, 7) is 4.08. The molecule has 3 unspecified atom stereocenters. The molecule has 0 spiro atoms. The van der Waals surface area contributed by atoms with Gasteiger partial charge in [0.15, 0.2) is 0 Å². The predicted octanol–water partition coefficient (Wildman–Crippen LogP) is 4.09. The van der Waals surface area contributed by atoms with Crippen molar-refractivity contribution in [1.29, 1.82) is 0 Å². The molecule has 0 heterocycles. The van der Waals surface area contributed by atoms with E-state index in [4.69, 9.17) is 0 Å². The van der Waals surface area contributed by atoms with Crippen LogP contribution < -0.4 is 0 Å². The van der Waals surface area contributed by atoms with Crippen molar-refractivity contribution in [2.24, 2.45) is 17.3 Å². The Hall–Kier alpha value is -1.83. The lowest BCUT2D eigenvalue weighted by Crippen LogP contribution is -2.41. The van der Waals surface area contributed by atoms with E-state index in [2.05, 4.69) is 31.2 Å². The van der Waals surface area contributed by atoms with Gasteiger partial charge >= 0.3 is 5.97 Å². The first kappa shape index (κ1) is 14.6. The van der Waals surface area contributed by atoms with Crippen molar-refractivity contribution in [3.63, 3.8) is 0 Å². The smallest absolute Gasteiger partial charge is 0.307 e. The maximum absolute atomic E-state index is 11.7. The molecule has 106 valence electrons. The Morgan fingerprint density at radius 2 is 2.00 bits per heavy atom. The highest BCUT2D eigenvalue weighted by atomic mass is 16.4. The SMILES string of the molecule is CCC(C(=O)O)C1(Cc2ccccc2)C=CC=CC1C. The van der Waals surface area contributed by atoms with Crippen molar-refractivity contribution in [1.82, 2.24) is 0 Å². The molecular weight excluding hydrogens is 248 g/mol. The molecule has 20 heavy (non-hydrogen) atoms. The predicted molar refractivity (Wildman–Crippen MR) is 81.4 cm³/mol. The fourth-order valence-corrected chi connectivity index (χ4v) is 3.31. The van der Waals surface area contributed by atoms with Gasteiger partial charge in [0.1, 0.15) is 0 Å². The standard InChI is InChI=1S/C18H22O2/c1-3-16(17(19)20)18(12-8-7-9-14(18)2)13-15-10-5-4-6-11-15/h4-12,14,16H,3,13H2,1-2H3,(H,19,20). The summed E-state index contributed by atoms with van der Waals surface area (Å²) < 4.78 is 0. The van der Waals surface area contributed by atoms with Gasteiger partial charge in [0.2, 0.25) is 0 Å². The molecule has 0 fully saturated rings. The van der Waals surface area contributed by atoms with Crippen molar-refractivity contribution >= 4 is 5.97 Å². The average Bonchev–Trinajstić information content (AvgIpc) is 2.43. The molecule has 1 aliphatic rings. The maximum atomic E-state index is 11.7. The van der Waals surface area contributed by atoms with Crippen LogP contribution in [0.3, 0.4) is 0 Å². The number of aliphatic carboxylic acids is 1. The molecule has 0 saturated carbocycles. The Labute approximate surface area is 120 Å². The van der Waals surface area contributed by atoms with Gasteiger partial charge in [0.05, 0.1) is 5.92 Å². The van der Waals surface area contributed by atoms with Crippen molar-refractivity contribution in [2.75, 3.05) is 0 Å². The van der Waals surface area contributed by atoms with Crippen LogP contribution in [-0.2, 0) is 11.2 Å². The van der Waals surface area contributed by atoms with Crippen LogP contribution in [-0.4, -0.2) is 11.1 Å². The van der Waals surface area contributed by atoms with Crippen LogP contribution in [0.25, 0.3) is 0 Å². The third kappa shape index (κ3) is 2.69. The number of rotatable bonds is 5. The Balaban J connectivity index is 2.41. The quantitative estimate of drug-likeness (QED) is 0.875. The highest BCUT2D eigenvalue weighted by Gasteiger charge is 2.44. The largest absolute Gasteiger partial charge is 0.481 e. The molecule has 0 saturated heterocycles. The highest BCUT2D eigenvalue weighted by molar-refractivity contribution is 5.72. The molecule has 1 N–H and O–H groups in total. The first-order valence-electron chi connectivity index (χ1n) is 7.23. The molecule has 1 aromatic rings. The van der Waals surface area contributed by atoms with Gasteiger partial charge < -0.3 is 5.11 Å². The van der Waals surface area contributed by atoms with Gasteiger partial charge in [-0.2, -0.15) is 0 Å². The molecule has 1 aliphatic carbocycles. The molecular formula is C18H22O2. The zero-order chi connectivity index (χ0) is 14.6. The number of carboxylic acids is 1. The van der Waals surface area contributed by atoms with Crippen LogP contribution in [0.1, 0.15) is 25.8 Å². The minimum Gasteiger partial charge on any atom is -0.481 e. The molecule has 0 aromatic heterocycles. The van der Waals surface area contributed by atoms with Crippen LogP contribution in [0.4, 0.5) is 0 Å². The Kier molecular flexibility index (Phi) is 4.43. The lowest BCUT2D eigenvalue weighted by atomic mass is 9.61. The number of allylic oxidation sites excluding steroid dienone is 4. The first-order valence-corrected chi connectivity index (χ1v) is 7.23. The van der Waals surface area contributed by atoms with Gasteiger partial charge in [-0.3, -0.25) is 4.79 Å². The molecule has 2 nitrogen and oxygen atoms in total. The van der Waals surface area contributed by atoms with Crippen LogP contribution in [0.2, 0.25) is 0 Å². The van der Waals surface area contributed by atoms with E-state index in [-0.39, 0.29) is 17.3 Å². The summed E-state index contributed by atoms with van der Waals surface area (Å²) in [7, 11) is 0. The number of hydrogen-bond donors (Lipinski definition) is 1. The molecule has 2 heteroatoms. The van der Waals surface area contributed by atoms with Gasteiger partial charge in [-0.15, -0.1) is 0 Å². The Morgan fingerprint density at radius 3 is 2.55 bits per heavy atom. The lowest BCUT2D eigenvalue weighted by molar-refractivity contribution is -0.146. The summed E-state index contributed by atoms with van der Waals surface area (Å²) in [5.74, 6) is -0.845. The van der Waals surface area contributed by atoms with Crippen LogP contribution >= 0.6 is 0 Å². The van der Waals surface area contributed by atoms with E-state index in [1.54, 1.807) is 0 Å². The summed E-state index contributed by atoms with van der Waals surface area (Å²) in [6, 6.07) is 10.2. The summed E-state index contributed by atoms with van der Waals surface area (Å²) in [5, 5.41) is 9.63. The minimum atomic E-state index is -0.699. The maximum Gasteiger partial charge on any atom is 0.307 e. The zero-order valence-electron chi connectivity index (χ0n) is 12.1. The van der Waals surface area contributed by atoms with Gasteiger partial charge in [-0.05, 0) is 24.3 Å². The average molecular weight is 270 g/mol. The van der Waals surface area contributed by atoms with Crippen LogP contribution in [0, 0.1) is 17.3 Å². The molecule has 0 radical (unpaired) electrons. The molecule has 0 bridgehead atoms. The van der Waals surface area contributed by atoms with Crippen LogP contribution in [0.5, 0.6) is 0 Å². The third-order valence-electron chi connectivity index (χ3n) is 4.47. The monoisotopic (exact) mass is 270 g/mol. The Morgan fingerprint density at radius 1 is 1.30 bits per heavy atom. The summed E-state index contributed by atoms with van der Waals surface area (Å²) in [5.41, 5.74) is 0.857. The number of carboxylic acid groups (broad SMARTS) is 1.